The summed E-state index contributed by atoms with van der Waals surface area (Å²) in [4.78, 5) is 18.3. The van der Waals surface area contributed by atoms with Crippen LogP contribution in [0.3, 0.4) is 0 Å². The average molecular weight is 294 g/mol. The van der Waals surface area contributed by atoms with Gasteiger partial charge in [0.05, 0.1) is 19.0 Å². The summed E-state index contributed by atoms with van der Waals surface area (Å²) in [6.07, 6.45) is 1.53. The van der Waals surface area contributed by atoms with Crippen LogP contribution in [-0.4, -0.2) is 48.1 Å². The van der Waals surface area contributed by atoms with Crippen molar-refractivity contribution in [2.75, 3.05) is 31.2 Å². The van der Waals surface area contributed by atoms with Crippen LogP contribution in [0.1, 0.15) is 38.1 Å². The van der Waals surface area contributed by atoms with Gasteiger partial charge in [0.2, 0.25) is 0 Å². The molecule has 0 radical (unpaired) electrons. The van der Waals surface area contributed by atoms with Crippen LogP contribution in [0.5, 0.6) is 0 Å². The number of nitrogen functional groups attached to an aromatic ring is 1. The van der Waals surface area contributed by atoms with Gasteiger partial charge in [-0.3, -0.25) is 4.90 Å². The van der Waals surface area contributed by atoms with Crippen molar-refractivity contribution >= 4 is 17.5 Å². The van der Waals surface area contributed by atoms with Crippen LogP contribution in [0.2, 0.25) is 0 Å². The number of carbonyl (C=O) groups excluding carboxylic acids is 1. The van der Waals surface area contributed by atoms with Crippen LogP contribution < -0.4 is 11.1 Å². The SMILES string of the molecule is COC(=O)c1cc(N)cnc1NCCN(C(C)C)C(C)C. The zero-order chi connectivity index (χ0) is 16.0. The molecule has 6 nitrogen and oxygen atoms in total. The van der Waals surface area contributed by atoms with E-state index in [1.165, 1.54) is 13.3 Å². The van der Waals surface area contributed by atoms with E-state index in [9.17, 15) is 4.79 Å². The molecule has 1 aromatic rings. The summed E-state index contributed by atoms with van der Waals surface area (Å²) in [5.74, 6) is 0.0605. The van der Waals surface area contributed by atoms with E-state index in [0.717, 1.165) is 6.54 Å². The molecule has 0 spiro atoms. The predicted molar refractivity (Wildman–Crippen MR) is 85.5 cm³/mol. The highest BCUT2D eigenvalue weighted by Crippen LogP contribution is 2.16. The fourth-order valence-electron chi connectivity index (χ4n) is 2.30. The fourth-order valence-corrected chi connectivity index (χ4v) is 2.30. The molecule has 0 aromatic carbocycles. The average Bonchev–Trinajstić information content (AvgIpc) is 2.42. The predicted octanol–water partition coefficient (Wildman–Crippen LogP) is 1.98. The molecule has 0 aliphatic carbocycles. The Morgan fingerprint density at radius 2 is 2.00 bits per heavy atom. The molecule has 0 fully saturated rings. The molecular weight excluding hydrogens is 268 g/mol. The van der Waals surface area contributed by atoms with Crippen molar-refractivity contribution in [3.05, 3.63) is 17.8 Å². The summed E-state index contributed by atoms with van der Waals surface area (Å²) < 4.78 is 4.75. The standard InChI is InChI=1S/C15H26N4O2/c1-10(2)19(11(3)4)7-6-17-14-13(15(20)21-5)8-12(16)9-18-14/h8-11H,6-7,16H2,1-5H3,(H,17,18). The first-order valence-corrected chi connectivity index (χ1v) is 7.20. The lowest BCUT2D eigenvalue weighted by molar-refractivity contribution is 0.0601. The van der Waals surface area contributed by atoms with Gasteiger partial charge in [0, 0.05) is 25.2 Å². The largest absolute Gasteiger partial charge is 0.465 e. The van der Waals surface area contributed by atoms with E-state index >= 15 is 0 Å². The monoisotopic (exact) mass is 294 g/mol. The Morgan fingerprint density at radius 1 is 1.38 bits per heavy atom. The first-order valence-electron chi connectivity index (χ1n) is 7.20. The van der Waals surface area contributed by atoms with Crippen LogP contribution in [0.15, 0.2) is 12.3 Å². The van der Waals surface area contributed by atoms with Crippen molar-refractivity contribution in [1.29, 1.82) is 0 Å². The van der Waals surface area contributed by atoms with Crippen LogP contribution in [0, 0.1) is 0 Å². The number of pyridine rings is 1. The summed E-state index contributed by atoms with van der Waals surface area (Å²) >= 11 is 0. The second-order valence-corrected chi connectivity index (χ2v) is 5.51. The van der Waals surface area contributed by atoms with Gasteiger partial charge in [0.25, 0.3) is 0 Å². The topological polar surface area (TPSA) is 80.5 Å². The number of esters is 1. The molecule has 0 atom stereocenters. The summed E-state index contributed by atoms with van der Waals surface area (Å²) in [6, 6.07) is 2.50. The normalized spacial score (nSPS) is 11.2. The molecule has 1 rings (SSSR count). The maximum atomic E-state index is 11.7. The molecule has 1 heterocycles. The number of carbonyl (C=O) groups is 1. The third-order valence-corrected chi connectivity index (χ3v) is 3.30. The van der Waals surface area contributed by atoms with Gasteiger partial charge in [0.1, 0.15) is 11.4 Å². The number of nitrogens with zero attached hydrogens (tertiary/aromatic N) is 2. The van der Waals surface area contributed by atoms with Crippen molar-refractivity contribution < 1.29 is 9.53 Å². The number of aromatic nitrogens is 1. The van der Waals surface area contributed by atoms with E-state index in [-0.39, 0.29) is 0 Å². The lowest BCUT2D eigenvalue weighted by Gasteiger charge is -2.30. The van der Waals surface area contributed by atoms with Gasteiger partial charge in [-0.15, -0.1) is 0 Å². The molecule has 0 amide bonds. The Hall–Kier alpha value is -1.82. The molecule has 0 aliphatic heterocycles. The van der Waals surface area contributed by atoms with Crippen LogP contribution in [-0.2, 0) is 4.74 Å². The third kappa shape index (κ3) is 4.90. The molecule has 21 heavy (non-hydrogen) atoms. The quantitative estimate of drug-likeness (QED) is 0.749. The number of hydrogen-bond acceptors (Lipinski definition) is 6. The maximum absolute atomic E-state index is 11.7. The Bertz CT molecular complexity index is 467. The maximum Gasteiger partial charge on any atom is 0.341 e. The van der Waals surface area contributed by atoms with Crippen molar-refractivity contribution in [2.24, 2.45) is 0 Å². The van der Waals surface area contributed by atoms with Gasteiger partial charge in [-0.2, -0.15) is 0 Å². The van der Waals surface area contributed by atoms with E-state index in [4.69, 9.17) is 10.5 Å². The lowest BCUT2D eigenvalue weighted by atomic mass is 10.2. The minimum Gasteiger partial charge on any atom is -0.465 e. The molecular formula is C15H26N4O2. The Morgan fingerprint density at radius 3 is 2.52 bits per heavy atom. The summed E-state index contributed by atoms with van der Waals surface area (Å²) in [5, 5.41) is 3.19. The third-order valence-electron chi connectivity index (χ3n) is 3.30. The molecule has 0 saturated carbocycles. The number of hydrogen-bond donors (Lipinski definition) is 2. The zero-order valence-corrected chi connectivity index (χ0v) is 13.5. The number of anilines is 2. The van der Waals surface area contributed by atoms with E-state index in [1.807, 2.05) is 0 Å². The second-order valence-electron chi connectivity index (χ2n) is 5.51. The van der Waals surface area contributed by atoms with Crippen molar-refractivity contribution in [3.8, 4) is 0 Å². The number of rotatable bonds is 7. The minimum atomic E-state index is -0.443. The lowest BCUT2D eigenvalue weighted by Crippen LogP contribution is -2.40. The summed E-state index contributed by atoms with van der Waals surface area (Å²) in [7, 11) is 1.34. The molecule has 0 saturated heterocycles. The van der Waals surface area contributed by atoms with Gasteiger partial charge >= 0.3 is 5.97 Å². The van der Waals surface area contributed by atoms with Crippen LogP contribution >= 0.6 is 0 Å². The Kier molecular flexibility index (Phi) is 6.42. The van der Waals surface area contributed by atoms with Crippen molar-refractivity contribution in [2.45, 2.75) is 39.8 Å². The minimum absolute atomic E-state index is 0.359. The first kappa shape index (κ1) is 17.2. The van der Waals surface area contributed by atoms with Gasteiger partial charge in [-0.1, -0.05) is 0 Å². The smallest absolute Gasteiger partial charge is 0.341 e. The Balaban J connectivity index is 2.73. The van der Waals surface area contributed by atoms with Gasteiger partial charge in [0.15, 0.2) is 0 Å². The molecule has 0 unspecified atom stereocenters. The molecule has 3 N–H and O–H groups in total. The second kappa shape index (κ2) is 7.83. The number of nitrogens with one attached hydrogen (secondary N) is 1. The van der Waals surface area contributed by atoms with E-state index in [0.29, 0.717) is 35.7 Å². The summed E-state index contributed by atoms with van der Waals surface area (Å²) in [5.41, 5.74) is 6.47. The van der Waals surface area contributed by atoms with E-state index in [2.05, 4.69) is 42.9 Å². The van der Waals surface area contributed by atoms with Gasteiger partial charge in [-0.25, -0.2) is 9.78 Å². The Labute approximate surface area is 126 Å². The highest BCUT2D eigenvalue weighted by atomic mass is 16.5. The number of methoxy groups -OCH3 is 1. The number of ether oxygens (including phenoxy) is 1. The highest BCUT2D eigenvalue weighted by Gasteiger charge is 2.15. The zero-order valence-electron chi connectivity index (χ0n) is 13.5. The van der Waals surface area contributed by atoms with Gasteiger partial charge in [-0.05, 0) is 33.8 Å². The molecule has 0 aliphatic rings. The fraction of sp³-hybridized carbons (Fsp3) is 0.600. The molecule has 6 heteroatoms. The number of nitrogens with two attached hydrogens (primary N) is 1. The van der Waals surface area contributed by atoms with Crippen molar-refractivity contribution in [3.63, 3.8) is 0 Å². The van der Waals surface area contributed by atoms with Crippen molar-refractivity contribution in [1.82, 2.24) is 9.88 Å². The molecule has 1 aromatic heterocycles. The first-order chi connectivity index (χ1) is 9.86. The van der Waals surface area contributed by atoms with E-state index < -0.39 is 5.97 Å². The summed E-state index contributed by atoms with van der Waals surface area (Å²) in [6.45, 7) is 10.2. The molecule has 118 valence electrons. The molecule has 0 bridgehead atoms. The van der Waals surface area contributed by atoms with Gasteiger partial charge < -0.3 is 15.8 Å². The van der Waals surface area contributed by atoms with Crippen LogP contribution in [0.25, 0.3) is 0 Å². The van der Waals surface area contributed by atoms with Crippen LogP contribution in [0.4, 0.5) is 11.5 Å². The van der Waals surface area contributed by atoms with E-state index in [1.54, 1.807) is 6.07 Å². The highest BCUT2D eigenvalue weighted by molar-refractivity contribution is 5.95.